The Bertz CT molecular complexity index is 645. The van der Waals surface area contributed by atoms with E-state index in [1.165, 1.54) is 12.1 Å². The second-order valence-electron chi connectivity index (χ2n) is 4.04. The van der Waals surface area contributed by atoms with Gasteiger partial charge < -0.3 is 5.32 Å². The molecule has 0 saturated carbocycles. The fraction of sp³-hybridized carbons (Fsp3) is 0.0714. The van der Waals surface area contributed by atoms with E-state index >= 15 is 0 Å². The lowest BCUT2D eigenvalue weighted by atomic mass is 10.1. The number of carbonyl (C=O) groups is 1. The molecule has 2 nitrogen and oxygen atoms in total. The largest absolute Gasteiger partial charge is 0.322 e. The van der Waals surface area contributed by atoms with Crippen LogP contribution in [0.3, 0.4) is 0 Å². The number of aryl methyl sites for hydroxylation is 1. The summed E-state index contributed by atoms with van der Waals surface area (Å²) in [5, 5.41) is 2.72. The molecule has 0 aliphatic heterocycles. The van der Waals surface area contributed by atoms with E-state index in [-0.39, 0.29) is 11.7 Å². The highest BCUT2D eigenvalue weighted by atomic mass is 127. The maximum Gasteiger partial charge on any atom is 0.256 e. The third-order valence-corrected chi connectivity index (χ3v) is 3.98. The minimum Gasteiger partial charge on any atom is -0.322 e. The average Bonchev–Trinajstić information content (AvgIpc) is 2.36. The van der Waals surface area contributed by atoms with Gasteiger partial charge in [0.2, 0.25) is 0 Å². The molecule has 0 aromatic heterocycles. The fourth-order valence-electron chi connectivity index (χ4n) is 1.59. The second-order valence-corrected chi connectivity index (χ2v) is 6.14. The van der Waals surface area contributed by atoms with Crippen molar-refractivity contribution in [3.8, 4) is 0 Å². The molecule has 0 spiro atoms. The predicted octanol–water partition coefficient (Wildman–Crippen LogP) is 4.75. The van der Waals surface area contributed by atoms with Gasteiger partial charge in [0.05, 0.1) is 5.56 Å². The number of benzene rings is 2. The Morgan fingerprint density at radius 3 is 2.74 bits per heavy atom. The van der Waals surface area contributed by atoms with Gasteiger partial charge in [0.25, 0.3) is 5.91 Å². The lowest BCUT2D eigenvalue weighted by Gasteiger charge is -2.10. The molecule has 98 valence electrons. The number of carbonyl (C=O) groups excluding carboxylic acids is 1. The van der Waals surface area contributed by atoms with E-state index in [1.54, 1.807) is 12.1 Å². The van der Waals surface area contributed by atoms with Crippen LogP contribution in [0.15, 0.2) is 40.9 Å². The van der Waals surface area contributed by atoms with Gasteiger partial charge in [-0.1, -0.05) is 6.07 Å². The van der Waals surface area contributed by atoms with Crippen LogP contribution in [0.5, 0.6) is 0 Å². The van der Waals surface area contributed by atoms with Crippen molar-refractivity contribution in [1.29, 1.82) is 0 Å². The van der Waals surface area contributed by atoms with Crippen molar-refractivity contribution in [2.75, 3.05) is 5.32 Å². The first kappa shape index (κ1) is 14.5. The molecule has 2 aromatic rings. The zero-order chi connectivity index (χ0) is 14.0. The summed E-state index contributed by atoms with van der Waals surface area (Å²) in [5.41, 5.74) is 1.82. The Morgan fingerprint density at radius 2 is 2.00 bits per heavy atom. The van der Waals surface area contributed by atoms with E-state index in [0.29, 0.717) is 15.7 Å². The summed E-state index contributed by atoms with van der Waals surface area (Å²) in [7, 11) is 0. The maximum atomic E-state index is 13.2. The lowest BCUT2D eigenvalue weighted by molar-refractivity contribution is 0.102. The molecule has 0 fully saturated rings. The van der Waals surface area contributed by atoms with Crippen molar-refractivity contribution < 1.29 is 9.18 Å². The Hall–Kier alpha value is -0.950. The normalized spacial score (nSPS) is 10.3. The first-order valence-corrected chi connectivity index (χ1v) is 7.37. The minimum atomic E-state index is -0.373. The highest BCUT2D eigenvalue weighted by molar-refractivity contribution is 14.1. The molecule has 1 amide bonds. The first-order chi connectivity index (χ1) is 8.97. The highest BCUT2D eigenvalue weighted by Crippen LogP contribution is 2.22. The molecule has 0 saturated heterocycles. The van der Waals surface area contributed by atoms with E-state index < -0.39 is 0 Å². The molecular formula is C14H10BrFINO. The summed E-state index contributed by atoms with van der Waals surface area (Å²) in [5.74, 6) is -0.637. The Labute approximate surface area is 132 Å². The van der Waals surface area contributed by atoms with Gasteiger partial charge >= 0.3 is 0 Å². The van der Waals surface area contributed by atoms with Crippen LogP contribution in [0, 0.1) is 16.3 Å². The SMILES string of the molecule is Cc1ccc(F)cc1NC(=O)c1cc(I)ccc1Br. The smallest absolute Gasteiger partial charge is 0.256 e. The van der Waals surface area contributed by atoms with Crippen LogP contribution < -0.4 is 5.32 Å². The van der Waals surface area contributed by atoms with Crippen LogP contribution in [0.4, 0.5) is 10.1 Å². The molecule has 19 heavy (non-hydrogen) atoms. The van der Waals surface area contributed by atoms with Gasteiger partial charge in [0.1, 0.15) is 5.82 Å². The molecule has 0 heterocycles. The summed E-state index contributed by atoms with van der Waals surface area (Å²) in [6, 6.07) is 9.80. The molecule has 1 N–H and O–H groups in total. The van der Waals surface area contributed by atoms with Gasteiger partial charge in [-0.3, -0.25) is 4.79 Å². The van der Waals surface area contributed by atoms with E-state index in [0.717, 1.165) is 9.13 Å². The van der Waals surface area contributed by atoms with Crippen LogP contribution in [0.25, 0.3) is 0 Å². The first-order valence-electron chi connectivity index (χ1n) is 5.50. The zero-order valence-electron chi connectivity index (χ0n) is 10.0. The number of hydrogen-bond acceptors (Lipinski definition) is 1. The van der Waals surface area contributed by atoms with E-state index in [1.807, 2.05) is 19.1 Å². The standard InChI is InChI=1S/C14H10BrFINO/c1-8-2-3-9(16)6-13(8)18-14(19)11-7-10(17)4-5-12(11)15/h2-7H,1H3,(H,18,19). The molecule has 2 rings (SSSR count). The Kier molecular flexibility index (Phi) is 4.57. The van der Waals surface area contributed by atoms with Crippen LogP contribution in [0.2, 0.25) is 0 Å². The topological polar surface area (TPSA) is 29.1 Å². The average molecular weight is 434 g/mol. The highest BCUT2D eigenvalue weighted by Gasteiger charge is 2.12. The van der Waals surface area contributed by atoms with E-state index in [9.17, 15) is 9.18 Å². The summed E-state index contributed by atoms with van der Waals surface area (Å²) in [4.78, 5) is 12.2. The van der Waals surface area contributed by atoms with Gasteiger partial charge in [-0.05, 0) is 81.3 Å². The molecule has 0 unspecified atom stereocenters. The van der Waals surface area contributed by atoms with Crippen LogP contribution >= 0.6 is 38.5 Å². The van der Waals surface area contributed by atoms with Crippen LogP contribution in [0.1, 0.15) is 15.9 Å². The molecule has 0 atom stereocenters. The van der Waals surface area contributed by atoms with Crippen molar-refractivity contribution in [3.63, 3.8) is 0 Å². The number of nitrogens with one attached hydrogen (secondary N) is 1. The van der Waals surface area contributed by atoms with Crippen LogP contribution in [-0.4, -0.2) is 5.91 Å². The predicted molar refractivity (Wildman–Crippen MR) is 85.9 cm³/mol. The molecule has 0 radical (unpaired) electrons. The quantitative estimate of drug-likeness (QED) is 0.680. The zero-order valence-corrected chi connectivity index (χ0v) is 13.7. The van der Waals surface area contributed by atoms with E-state index in [4.69, 9.17) is 0 Å². The summed E-state index contributed by atoms with van der Waals surface area (Å²) >= 11 is 5.48. The number of amides is 1. The molecule has 0 aliphatic rings. The molecule has 5 heteroatoms. The third-order valence-electron chi connectivity index (χ3n) is 2.62. The van der Waals surface area contributed by atoms with E-state index in [2.05, 4.69) is 43.8 Å². The molecule has 0 bridgehead atoms. The fourth-order valence-corrected chi connectivity index (χ4v) is 2.51. The Balaban J connectivity index is 2.30. The molecule has 0 aliphatic carbocycles. The number of rotatable bonds is 2. The number of halogens is 3. The van der Waals surface area contributed by atoms with Crippen molar-refractivity contribution in [2.24, 2.45) is 0 Å². The number of anilines is 1. The molecule has 2 aromatic carbocycles. The lowest BCUT2D eigenvalue weighted by Crippen LogP contribution is -2.13. The number of hydrogen-bond donors (Lipinski definition) is 1. The van der Waals surface area contributed by atoms with Gasteiger partial charge in [0.15, 0.2) is 0 Å². The van der Waals surface area contributed by atoms with Gasteiger partial charge in [-0.15, -0.1) is 0 Å². The van der Waals surface area contributed by atoms with Gasteiger partial charge in [0, 0.05) is 13.7 Å². The molecular weight excluding hydrogens is 424 g/mol. The maximum absolute atomic E-state index is 13.2. The minimum absolute atomic E-state index is 0.265. The van der Waals surface area contributed by atoms with Gasteiger partial charge in [-0.25, -0.2) is 4.39 Å². The van der Waals surface area contributed by atoms with Crippen molar-refractivity contribution >= 4 is 50.1 Å². The monoisotopic (exact) mass is 433 g/mol. The second kappa shape index (κ2) is 6.00. The third kappa shape index (κ3) is 3.54. The van der Waals surface area contributed by atoms with Crippen molar-refractivity contribution in [2.45, 2.75) is 6.92 Å². The Morgan fingerprint density at radius 1 is 1.26 bits per heavy atom. The van der Waals surface area contributed by atoms with Crippen molar-refractivity contribution in [1.82, 2.24) is 0 Å². The summed E-state index contributed by atoms with van der Waals surface area (Å²) in [6.45, 7) is 1.82. The van der Waals surface area contributed by atoms with Crippen LogP contribution in [-0.2, 0) is 0 Å². The summed E-state index contributed by atoms with van der Waals surface area (Å²) < 4.78 is 14.8. The van der Waals surface area contributed by atoms with Gasteiger partial charge in [-0.2, -0.15) is 0 Å². The summed E-state index contributed by atoms with van der Waals surface area (Å²) in [6.07, 6.45) is 0. The van der Waals surface area contributed by atoms with Crippen molar-refractivity contribution in [3.05, 3.63) is 61.4 Å².